The zero-order valence-electron chi connectivity index (χ0n) is 12.0. The second-order valence-electron chi connectivity index (χ2n) is 5.68. The van der Waals surface area contributed by atoms with Crippen molar-refractivity contribution >= 4 is 11.9 Å². The van der Waals surface area contributed by atoms with Gasteiger partial charge in [0.05, 0.1) is 17.5 Å². The molecule has 0 radical (unpaired) electrons. The maximum atomic E-state index is 14.1. The van der Waals surface area contributed by atoms with Crippen LogP contribution in [0.1, 0.15) is 43.0 Å². The fourth-order valence-electron chi connectivity index (χ4n) is 2.56. The van der Waals surface area contributed by atoms with Gasteiger partial charge in [-0.1, -0.05) is 12.1 Å². The Kier molecular flexibility index (Phi) is 4.63. The molecule has 1 saturated carbocycles. The minimum Gasteiger partial charge on any atom is -0.481 e. The molecule has 8 heteroatoms. The predicted octanol–water partition coefficient (Wildman–Crippen LogP) is 3.23. The fourth-order valence-corrected chi connectivity index (χ4v) is 2.56. The number of alkyl halides is 4. The molecule has 126 valence electrons. The van der Waals surface area contributed by atoms with E-state index >= 15 is 0 Å². The zero-order chi connectivity index (χ0) is 17.3. The molecular formula is C15H15F4NO3. The summed E-state index contributed by atoms with van der Waals surface area (Å²) in [5.41, 5.74) is -2.10. The Hall–Kier alpha value is -2.12. The lowest BCUT2D eigenvalue weighted by Crippen LogP contribution is -2.55. The minimum absolute atomic E-state index is 0.208. The SMILES string of the molecule is O=C(O)CC1(NC(=O)C(F)c2ccc(C(F)(F)F)cc2)CCC1. The van der Waals surface area contributed by atoms with E-state index in [2.05, 4.69) is 5.32 Å². The third-order valence-electron chi connectivity index (χ3n) is 3.95. The van der Waals surface area contributed by atoms with Crippen LogP contribution in [0.2, 0.25) is 0 Å². The Labute approximate surface area is 129 Å². The normalized spacial score (nSPS) is 17.9. The monoisotopic (exact) mass is 333 g/mol. The number of hydrogen-bond acceptors (Lipinski definition) is 2. The third kappa shape index (κ3) is 4.00. The van der Waals surface area contributed by atoms with E-state index in [-0.39, 0.29) is 12.0 Å². The van der Waals surface area contributed by atoms with Gasteiger partial charge in [0.25, 0.3) is 5.91 Å². The zero-order valence-corrected chi connectivity index (χ0v) is 12.0. The summed E-state index contributed by atoms with van der Waals surface area (Å²) in [6.45, 7) is 0. The standard InChI is InChI=1S/C15H15F4NO3/c16-12(9-2-4-10(5-3-9)15(17,18)19)13(23)20-14(6-1-7-14)8-11(21)22/h2-5,12H,1,6-8H2,(H,20,23)(H,21,22). The van der Waals surface area contributed by atoms with Crippen LogP contribution in [0, 0.1) is 0 Å². The molecule has 1 aliphatic carbocycles. The molecule has 1 amide bonds. The lowest BCUT2D eigenvalue weighted by molar-refractivity contribution is -0.141. The summed E-state index contributed by atoms with van der Waals surface area (Å²) in [6, 6.07) is 3.20. The number of carboxylic acids is 1. The smallest absolute Gasteiger partial charge is 0.416 e. The van der Waals surface area contributed by atoms with Crippen molar-refractivity contribution in [2.45, 2.75) is 43.6 Å². The minimum atomic E-state index is -4.54. The highest BCUT2D eigenvalue weighted by Gasteiger charge is 2.41. The first kappa shape index (κ1) is 17.2. The van der Waals surface area contributed by atoms with Crippen molar-refractivity contribution in [3.05, 3.63) is 35.4 Å². The molecule has 2 N–H and O–H groups in total. The van der Waals surface area contributed by atoms with Gasteiger partial charge in [0.15, 0.2) is 0 Å². The Balaban J connectivity index is 2.06. The van der Waals surface area contributed by atoms with E-state index in [1.165, 1.54) is 0 Å². The Morgan fingerprint density at radius 1 is 1.22 bits per heavy atom. The lowest BCUT2D eigenvalue weighted by atomic mass is 9.74. The molecule has 1 aromatic rings. The van der Waals surface area contributed by atoms with Gasteiger partial charge in [-0.25, -0.2) is 4.39 Å². The number of carbonyl (C=O) groups excluding carboxylic acids is 1. The molecule has 23 heavy (non-hydrogen) atoms. The number of rotatable bonds is 5. The molecule has 0 bridgehead atoms. The molecule has 1 aromatic carbocycles. The number of aliphatic carboxylic acids is 1. The maximum absolute atomic E-state index is 14.1. The van der Waals surface area contributed by atoms with Gasteiger partial charge in [-0.05, 0) is 37.0 Å². The van der Waals surface area contributed by atoms with E-state index in [4.69, 9.17) is 5.11 Å². The summed E-state index contributed by atoms with van der Waals surface area (Å²) in [6.07, 6.45) is -5.40. The molecular weight excluding hydrogens is 318 g/mol. The van der Waals surface area contributed by atoms with E-state index in [1.807, 2.05) is 0 Å². The molecule has 0 heterocycles. The number of carbonyl (C=O) groups is 2. The van der Waals surface area contributed by atoms with E-state index in [1.54, 1.807) is 0 Å². The van der Waals surface area contributed by atoms with Crippen LogP contribution in [-0.4, -0.2) is 22.5 Å². The predicted molar refractivity (Wildman–Crippen MR) is 72.3 cm³/mol. The number of carboxylic acid groups (broad SMARTS) is 1. The molecule has 0 aliphatic heterocycles. The molecule has 1 atom stereocenters. The number of benzene rings is 1. The van der Waals surface area contributed by atoms with Gasteiger partial charge in [0, 0.05) is 0 Å². The van der Waals surface area contributed by atoms with Gasteiger partial charge in [0.1, 0.15) is 0 Å². The molecule has 1 unspecified atom stereocenters. The number of amides is 1. The molecule has 0 spiro atoms. The molecule has 4 nitrogen and oxygen atoms in total. The third-order valence-corrected chi connectivity index (χ3v) is 3.95. The van der Waals surface area contributed by atoms with Crippen LogP contribution in [0.25, 0.3) is 0 Å². The van der Waals surface area contributed by atoms with Crippen molar-refractivity contribution in [2.24, 2.45) is 0 Å². The first-order chi connectivity index (χ1) is 10.6. The van der Waals surface area contributed by atoms with Crippen LogP contribution >= 0.6 is 0 Å². The topological polar surface area (TPSA) is 66.4 Å². The summed E-state index contributed by atoms with van der Waals surface area (Å²) in [5.74, 6) is -2.14. The highest BCUT2D eigenvalue weighted by molar-refractivity contribution is 5.83. The molecule has 1 fully saturated rings. The second-order valence-corrected chi connectivity index (χ2v) is 5.68. The van der Waals surface area contributed by atoms with Crippen LogP contribution < -0.4 is 5.32 Å². The summed E-state index contributed by atoms with van der Waals surface area (Å²) in [5, 5.41) is 11.2. The van der Waals surface area contributed by atoms with Crippen molar-refractivity contribution in [1.82, 2.24) is 5.32 Å². The number of hydrogen-bond donors (Lipinski definition) is 2. The average Bonchev–Trinajstić information content (AvgIpc) is 2.42. The molecule has 2 rings (SSSR count). The van der Waals surface area contributed by atoms with E-state index in [9.17, 15) is 27.2 Å². The van der Waals surface area contributed by atoms with Crippen LogP contribution in [0.4, 0.5) is 17.6 Å². The Morgan fingerprint density at radius 3 is 2.17 bits per heavy atom. The fraction of sp³-hybridized carbons (Fsp3) is 0.467. The quantitative estimate of drug-likeness (QED) is 0.813. The van der Waals surface area contributed by atoms with E-state index in [0.717, 1.165) is 18.6 Å². The first-order valence-electron chi connectivity index (χ1n) is 6.98. The summed E-state index contributed by atoms with van der Waals surface area (Å²) < 4.78 is 51.5. The largest absolute Gasteiger partial charge is 0.481 e. The number of nitrogens with one attached hydrogen (secondary N) is 1. The van der Waals surface area contributed by atoms with Crippen LogP contribution in [0.3, 0.4) is 0 Å². The van der Waals surface area contributed by atoms with Crippen LogP contribution in [0.5, 0.6) is 0 Å². The molecule has 0 saturated heterocycles. The van der Waals surface area contributed by atoms with Crippen molar-refractivity contribution in [1.29, 1.82) is 0 Å². The van der Waals surface area contributed by atoms with Crippen molar-refractivity contribution in [3.63, 3.8) is 0 Å². The Morgan fingerprint density at radius 2 is 1.78 bits per heavy atom. The Bertz CT molecular complexity index is 594. The maximum Gasteiger partial charge on any atom is 0.416 e. The van der Waals surface area contributed by atoms with Gasteiger partial charge >= 0.3 is 12.1 Å². The van der Waals surface area contributed by atoms with Crippen LogP contribution in [0.15, 0.2) is 24.3 Å². The second kappa shape index (κ2) is 6.17. The lowest BCUT2D eigenvalue weighted by Gasteiger charge is -2.41. The van der Waals surface area contributed by atoms with Gasteiger partial charge in [-0.15, -0.1) is 0 Å². The summed E-state index contributed by atoms with van der Waals surface area (Å²) in [7, 11) is 0. The average molecular weight is 333 g/mol. The van der Waals surface area contributed by atoms with E-state index in [0.29, 0.717) is 25.0 Å². The van der Waals surface area contributed by atoms with E-state index < -0.39 is 35.3 Å². The van der Waals surface area contributed by atoms with Gasteiger partial charge in [0.2, 0.25) is 6.17 Å². The highest BCUT2D eigenvalue weighted by Crippen LogP contribution is 2.36. The molecule has 0 aromatic heterocycles. The highest BCUT2D eigenvalue weighted by atomic mass is 19.4. The van der Waals surface area contributed by atoms with Crippen molar-refractivity contribution in [2.75, 3.05) is 0 Å². The first-order valence-corrected chi connectivity index (χ1v) is 6.98. The summed E-state index contributed by atoms with van der Waals surface area (Å²) in [4.78, 5) is 22.7. The van der Waals surface area contributed by atoms with Crippen molar-refractivity contribution in [3.8, 4) is 0 Å². The van der Waals surface area contributed by atoms with Gasteiger partial charge < -0.3 is 10.4 Å². The summed E-state index contributed by atoms with van der Waals surface area (Å²) >= 11 is 0. The van der Waals surface area contributed by atoms with Crippen LogP contribution in [-0.2, 0) is 15.8 Å². The number of halogens is 4. The van der Waals surface area contributed by atoms with Gasteiger partial charge in [-0.2, -0.15) is 13.2 Å². The molecule has 1 aliphatic rings. The van der Waals surface area contributed by atoms with Gasteiger partial charge in [-0.3, -0.25) is 9.59 Å². The van der Waals surface area contributed by atoms with Crippen molar-refractivity contribution < 1.29 is 32.3 Å².